The highest BCUT2D eigenvalue weighted by atomic mass is 35.5. The lowest BCUT2D eigenvalue weighted by atomic mass is 9.89. The fourth-order valence-electron chi connectivity index (χ4n) is 8.26. The number of hydrogen-bond acceptors (Lipinski definition) is 10. The van der Waals surface area contributed by atoms with Crippen LogP contribution in [0.4, 0.5) is 5.69 Å². The van der Waals surface area contributed by atoms with Crippen molar-refractivity contribution in [1.29, 1.82) is 0 Å². The Bertz CT molecular complexity index is 3750. The predicted molar refractivity (Wildman–Crippen MR) is 254 cm³/mol. The Labute approximate surface area is 397 Å². The first-order valence-corrected chi connectivity index (χ1v) is 21.3. The number of halogens is 2. The number of nitrogens with two attached hydrogens (primary N) is 2. The molecule has 2 aliphatic heterocycles. The van der Waals surface area contributed by atoms with E-state index in [1.807, 2.05) is 0 Å². The number of phenols is 1. The number of nitrogens with one attached hydrogen (secondary N) is 2. The molecule has 2 aliphatic carbocycles. The van der Waals surface area contributed by atoms with Gasteiger partial charge < -0.3 is 45.6 Å². The van der Waals surface area contributed by atoms with E-state index in [2.05, 4.69) is 10.6 Å². The normalized spacial score (nSPS) is 11.3. The molecule has 69 heavy (non-hydrogen) atoms. The van der Waals surface area contributed by atoms with Crippen LogP contribution in [0.3, 0.4) is 0 Å². The summed E-state index contributed by atoms with van der Waals surface area (Å²) in [5, 5.41) is 53.5. The quantitative estimate of drug-likeness (QED) is 0.0467. The zero-order chi connectivity index (χ0) is 49.0. The second kappa shape index (κ2) is 17.7. The van der Waals surface area contributed by atoms with E-state index in [9.17, 15) is 49.2 Å². The third-order valence-electron chi connectivity index (χ3n) is 11.5. The van der Waals surface area contributed by atoms with Gasteiger partial charge in [-0.25, -0.2) is 14.4 Å². The van der Waals surface area contributed by atoms with Crippen molar-refractivity contribution in [3.63, 3.8) is 0 Å². The summed E-state index contributed by atoms with van der Waals surface area (Å²) in [6.45, 7) is -0.378. The van der Waals surface area contributed by atoms with Gasteiger partial charge in [0.25, 0.3) is 11.8 Å². The maximum atomic E-state index is 13.7. The standard InChI is InChI=1S/C51H32Cl2N4O12/c52-36-19-34(45(53)44(51(66)67)43(36)42-30-10-6-25(54)16-38(30)68-39-17-26(55)7-11-31(39)42)48(61)56-20-22-1-3-23(4-2-22)47(60)57-21-35-37(59)14-13-32-41(29-12-8-27(58)18-40(29)69-46(32)35)28-9-5-24(49(62)63)15-33(28)50(64)65/h1-19,54,59H,20-21,55H2,(H,56,61)(H,57,60)(H,62,63)(H,64,65)(H,66,67)/p+1. The molecule has 5 aromatic carbocycles. The summed E-state index contributed by atoms with van der Waals surface area (Å²) in [6.07, 6.45) is 0. The predicted octanol–water partition coefficient (Wildman–Crippen LogP) is 7.29. The molecule has 5 aromatic rings. The number of rotatable bonds is 11. The van der Waals surface area contributed by atoms with Crippen LogP contribution in [0.5, 0.6) is 5.75 Å². The van der Waals surface area contributed by atoms with Gasteiger partial charge in [0.05, 0.1) is 50.5 Å². The van der Waals surface area contributed by atoms with Crippen LogP contribution < -0.4 is 32.6 Å². The van der Waals surface area contributed by atoms with E-state index in [0.29, 0.717) is 55.4 Å². The van der Waals surface area contributed by atoms with E-state index in [0.717, 1.165) is 6.07 Å². The molecule has 18 heteroatoms. The molecule has 2 amide bonds. The fraction of sp³-hybridized carbons (Fsp3) is 0.0392. The monoisotopic (exact) mass is 963 g/mol. The van der Waals surface area contributed by atoms with Gasteiger partial charge in [0.15, 0.2) is 10.8 Å². The number of carboxylic acid groups (broad SMARTS) is 3. The molecular weight excluding hydrogens is 931 g/mol. The second-order valence-electron chi connectivity index (χ2n) is 15.8. The number of carboxylic acids is 3. The second-order valence-corrected chi connectivity index (χ2v) is 16.6. The minimum Gasteiger partial charge on any atom is -0.507 e. The van der Waals surface area contributed by atoms with Gasteiger partial charge in [0.2, 0.25) is 0 Å². The number of aromatic carboxylic acids is 3. The first-order chi connectivity index (χ1) is 33.0. The van der Waals surface area contributed by atoms with Crippen molar-refractivity contribution >= 4 is 80.6 Å². The molecule has 0 radical (unpaired) electrons. The van der Waals surface area contributed by atoms with Gasteiger partial charge in [-0.15, -0.1) is 0 Å². The average Bonchev–Trinajstić information content (AvgIpc) is 3.31. The molecule has 16 nitrogen and oxygen atoms in total. The maximum Gasteiger partial charge on any atom is 0.337 e. The van der Waals surface area contributed by atoms with Gasteiger partial charge in [0, 0.05) is 74.6 Å². The number of carbonyl (C=O) groups is 5. The molecule has 4 aliphatic rings. The average molecular weight is 965 g/mol. The number of fused-ring (bicyclic) bond motifs is 4. The molecule has 2 heterocycles. The molecule has 0 saturated carbocycles. The van der Waals surface area contributed by atoms with Crippen LogP contribution in [0, 0.1) is 0 Å². The molecule has 0 aromatic heterocycles. The van der Waals surface area contributed by atoms with E-state index in [-0.39, 0.29) is 84.7 Å². The van der Waals surface area contributed by atoms with Crippen LogP contribution in [0.25, 0.3) is 66.8 Å². The van der Waals surface area contributed by atoms with Crippen molar-refractivity contribution in [2.24, 2.45) is 0 Å². The van der Waals surface area contributed by atoms with Crippen molar-refractivity contribution in [3.8, 4) is 50.7 Å². The van der Waals surface area contributed by atoms with E-state index >= 15 is 0 Å². The molecular formula is C51H33Cl2N4O12+. The zero-order valence-corrected chi connectivity index (χ0v) is 36.9. The van der Waals surface area contributed by atoms with Gasteiger partial charge in [0.1, 0.15) is 28.4 Å². The van der Waals surface area contributed by atoms with Crippen molar-refractivity contribution in [1.82, 2.24) is 10.6 Å². The summed E-state index contributed by atoms with van der Waals surface area (Å²) in [5.41, 5.74) is 7.55. The largest absolute Gasteiger partial charge is 0.507 e. The third kappa shape index (κ3) is 8.30. The van der Waals surface area contributed by atoms with Crippen molar-refractivity contribution in [3.05, 3.63) is 180 Å². The summed E-state index contributed by atoms with van der Waals surface area (Å²) in [5.74, 6) is -5.44. The summed E-state index contributed by atoms with van der Waals surface area (Å²) >= 11 is 13.6. The van der Waals surface area contributed by atoms with Crippen LogP contribution >= 0.6 is 23.2 Å². The molecule has 0 unspecified atom stereocenters. The lowest BCUT2D eigenvalue weighted by molar-refractivity contribution is -0.172. The van der Waals surface area contributed by atoms with E-state index < -0.39 is 40.7 Å². The highest BCUT2D eigenvalue weighted by Gasteiger charge is 2.30. The van der Waals surface area contributed by atoms with Gasteiger partial charge in [-0.2, -0.15) is 0 Å². The number of nitrogen functional groups attached to an aromatic ring is 1. The summed E-state index contributed by atoms with van der Waals surface area (Å²) < 4.78 is 12.2. The number of amides is 2. The molecule has 9 rings (SSSR count). The lowest BCUT2D eigenvalue weighted by Crippen LogP contribution is -2.44. The molecule has 0 atom stereocenters. The molecule has 0 spiro atoms. The Morgan fingerprint density at radius 1 is 0.609 bits per heavy atom. The minimum absolute atomic E-state index is 0.0221. The molecule has 0 bridgehead atoms. The Balaban J connectivity index is 0.964. The smallest absolute Gasteiger partial charge is 0.337 e. The number of aromatic hydroxyl groups is 1. The van der Waals surface area contributed by atoms with Gasteiger partial charge in [-0.3, -0.25) is 19.8 Å². The van der Waals surface area contributed by atoms with E-state index in [1.54, 1.807) is 48.5 Å². The number of hydrogen-bond donors (Lipinski definition) is 8. The minimum atomic E-state index is -1.45. The topological polar surface area (TPSA) is 285 Å². The lowest BCUT2D eigenvalue weighted by Gasteiger charge is -2.20. The number of carbonyl (C=O) groups excluding carboxylic acids is 2. The SMILES string of the molecule is Nc1ccc2c(-c3c(Cl)cc(C(=O)NCc4ccc(C(=O)NCc5c(O)ccc6c(-c7ccc(C(=O)O)cc7C(=O)O)c7ccc(=O)cc-7oc56)cc4)c(Cl)c3C(=O)O)c3ccc(=[NH2+])cc-3oc2c1. The van der Waals surface area contributed by atoms with Crippen molar-refractivity contribution in [2.75, 3.05) is 5.73 Å². The highest BCUT2D eigenvalue weighted by molar-refractivity contribution is 6.41. The molecule has 0 saturated heterocycles. The highest BCUT2D eigenvalue weighted by Crippen LogP contribution is 2.47. The van der Waals surface area contributed by atoms with Crippen LogP contribution in [0.2, 0.25) is 10.0 Å². The summed E-state index contributed by atoms with van der Waals surface area (Å²) in [6, 6.07) is 27.5. The van der Waals surface area contributed by atoms with E-state index in [4.69, 9.17) is 43.2 Å². The Hall–Kier alpha value is -8.99. The Morgan fingerprint density at radius 2 is 1.28 bits per heavy atom. The first-order valence-electron chi connectivity index (χ1n) is 20.6. The zero-order valence-electron chi connectivity index (χ0n) is 35.3. The molecule has 342 valence electrons. The van der Waals surface area contributed by atoms with Crippen LogP contribution in [-0.2, 0) is 13.1 Å². The van der Waals surface area contributed by atoms with Crippen LogP contribution in [0.15, 0.2) is 129 Å². The molecule has 0 fully saturated rings. The number of benzene rings is 7. The summed E-state index contributed by atoms with van der Waals surface area (Å²) in [4.78, 5) is 76.7. The third-order valence-corrected chi connectivity index (χ3v) is 12.2. The van der Waals surface area contributed by atoms with Gasteiger partial charge in [-0.1, -0.05) is 41.4 Å². The van der Waals surface area contributed by atoms with E-state index in [1.165, 1.54) is 60.7 Å². The number of phenolic OH excluding ortho intramolecular Hbond substituents is 1. The fourth-order valence-corrected chi connectivity index (χ4v) is 8.88. The van der Waals surface area contributed by atoms with Crippen LogP contribution in [-0.4, -0.2) is 50.1 Å². The Morgan fingerprint density at radius 3 is 2.00 bits per heavy atom. The van der Waals surface area contributed by atoms with Crippen molar-refractivity contribution in [2.45, 2.75) is 13.1 Å². The van der Waals surface area contributed by atoms with Crippen LogP contribution in [0.1, 0.15) is 62.9 Å². The van der Waals surface area contributed by atoms with Gasteiger partial charge in [-0.05, 0) is 83.9 Å². The summed E-state index contributed by atoms with van der Waals surface area (Å²) in [7, 11) is 0. The molecule has 10 N–H and O–H groups in total. The van der Waals surface area contributed by atoms with Gasteiger partial charge >= 0.3 is 17.9 Å². The number of anilines is 1. The first kappa shape index (κ1) is 45.2. The maximum absolute atomic E-state index is 13.7. The van der Waals surface area contributed by atoms with Crippen molar-refractivity contribution < 1.29 is 58.6 Å². The Kier molecular flexibility index (Phi) is 11.6.